The van der Waals surface area contributed by atoms with E-state index in [1.165, 1.54) is 24.1 Å². The summed E-state index contributed by atoms with van der Waals surface area (Å²) in [4.78, 5) is 4.89. The zero-order valence-corrected chi connectivity index (χ0v) is 17.5. The molecule has 1 heterocycles. The van der Waals surface area contributed by atoms with E-state index in [0.717, 1.165) is 69.5 Å². The van der Waals surface area contributed by atoms with Gasteiger partial charge < -0.3 is 14.9 Å². The monoisotopic (exact) mass is 396 g/mol. The van der Waals surface area contributed by atoms with Gasteiger partial charge in [-0.15, -0.1) is 0 Å². The van der Waals surface area contributed by atoms with E-state index < -0.39 is 5.60 Å². The smallest absolute Gasteiger partial charge is 0.123 e. The molecule has 2 aromatic carbocycles. The molecule has 0 radical (unpaired) electrons. The zero-order valence-electron chi connectivity index (χ0n) is 17.5. The van der Waals surface area contributed by atoms with Crippen molar-refractivity contribution in [3.63, 3.8) is 0 Å². The van der Waals surface area contributed by atoms with Crippen molar-refractivity contribution in [2.75, 3.05) is 39.8 Å². The normalized spacial score (nSPS) is 21.8. The van der Waals surface area contributed by atoms with Crippen LogP contribution in [-0.4, -0.2) is 60.3 Å². The number of benzene rings is 2. The van der Waals surface area contributed by atoms with Gasteiger partial charge >= 0.3 is 0 Å². The predicted molar refractivity (Wildman–Crippen MR) is 117 cm³/mol. The van der Waals surface area contributed by atoms with Crippen LogP contribution in [0.15, 0.2) is 48.5 Å². The standard InChI is InChI=1S/C25H33FN2O/c1-27-15-17-28(18-16-27)19-24(25(29)13-3-2-4-14-25)22-7-5-20(6-8-22)21-9-11-23(26)12-10-21/h5-12,24,29H,2-4,13-19H2,1H3. The van der Waals surface area contributed by atoms with Gasteiger partial charge in [-0.2, -0.15) is 0 Å². The highest BCUT2D eigenvalue weighted by Gasteiger charge is 2.39. The van der Waals surface area contributed by atoms with Gasteiger partial charge in [-0.25, -0.2) is 4.39 Å². The third-order valence-corrected chi connectivity index (χ3v) is 6.90. The lowest BCUT2D eigenvalue weighted by molar-refractivity contribution is -0.0337. The molecule has 1 saturated heterocycles. The quantitative estimate of drug-likeness (QED) is 0.805. The number of piperazine rings is 1. The minimum atomic E-state index is -0.612. The SMILES string of the molecule is CN1CCN(CC(c2ccc(-c3ccc(F)cc3)cc2)C2(O)CCCCC2)CC1. The van der Waals surface area contributed by atoms with Crippen molar-refractivity contribution in [1.82, 2.24) is 9.80 Å². The maximum atomic E-state index is 13.2. The number of rotatable bonds is 5. The lowest BCUT2D eigenvalue weighted by Crippen LogP contribution is -2.50. The first-order valence-corrected chi connectivity index (χ1v) is 11.0. The molecule has 1 unspecified atom stereocenters. The van der Waals surface area contributed by atoms with E-state index in [1.54, 1.807) is 0 Å². The second-order valence-electron chi connectivity index (χ2n) is 8.95. The maximum absolute atomic E-state index is 13.2. The van der Waals surface area contributed by atoms with Crippen LogP contribution in [0.4, 0.5) is 4.39 Å². The molecule has 0 bridgehead atoms. The Labute approximate surface area is 174 Å². The molecule has 156 valence electrons. The Balaban J connectivity index is 1.57. The predicted octanol–water partition coefficient (Wildman–Crippen LogP) is 4.52. The highest BCUT2D eigenvalue weighted by atomic mass is 19.1. The second kappa shape index (κ2) is 8.95. The summed E-state index contributed by atoms with van der Waals surface area (Å²) >= 11 is 0. The Morgan fingerprint density at radius 1 is 0.862 bits per heavy atom. The zero-order chi connectivity index (χ0) is 20.3. The van der Waals surface area contributed by atoms with Crippen molar-refractivity contribution in [2.45, 2.75) is 43.6 Å². The summed E-state index contributed by atoms with van der Waals surface area (Å²) in [6.45, 7) is 5.23. The molecule has 0 spiro atoms. The summed E-state index contributed by atoms with van der Waals surface area (Å²) in [5.41, 5.74) is 2.71. The molecule has 2 aromatic rings. The Bertz CT molecular complexity index is 775. The van der Waals surface area contributed by atoms with Crippen LogP contribution in [0.25, 0.3) is 11.1 Å². The number of hydrogen-bond donors (Lipinski definition) is 1. The van der Waals surface area contributed by atoms with Crippen LogP contribution in [0.5, 0.6) is 0 Å². The number of aliphatic hydroxyl groups is 1. The molecule has 0 amide bonds. The van der Waals surface area contributed by atoms with Crippen molar-refractivity contribution < 1.29 is 9.50 Å². The van der Waals surface area contributed by atoms with Crippen LogP contribution in [0, 0.1) is 5.82 Å². The number of halogens is 1. The van der Waals surface area contributed by atoms with Gasteiger partial charge in [0.15, 0.2) is 0 Å². The van der Waals surface area contributed by atoms with E-state index in [1.807, 2.05) is 12.1 Å². The highest BCUT2D eigenvalue weighted by Crippen LogP contribution is 2.41. The van der Waals surface area contributed by atoms with Crippen molar-refractivity contribution in [3.05, 3.63) is 59.9 Å². The van der Waals surface area contributed by atoms with Gasteiger partial charge in [0.1, 0.15) is 5.82 Å². The first kappa shape index (κ1) is 20.5. The van der Waals surface area contributed by atoms with E-state index in [4.69, 9.17) is 0 Å². The Hall–Kier alpha value is -1.75. The van der Waals surface area contributed by atoms with E-state index in [-0.39, 0.29) is 11.7 Å². The fourth-order valence-corrected chi connectivity index (χ4v) is 4.94. The molecule has 2 aliphatic rings. The topological polar surface area (TPSA) is 26.7 Å². The third-order valence-electron chi connectivity index (χ3n) is 6.90. The van der Waals surface area contributed by atoms with Gasteiger partial charge in [0, 0.05) is 38.6 Å². The van der Waals surface area contributed by atoms with Crippen molar-refractivity contribution in [2.24, 2.45) is 0 Å². The molecular formula is C25H33FN2O. The molecule has 2 fully saturated rings. The average molecular weight is 397 g/mol. The first-order valence-electron chi connectivity index (χ1n) is 11.0. The number of likely N-dealkylation sites (N-methyl/N-ethyl adjacent to an activating group) is 1. The van der Waals surface area contributed by atoms with Gasteiger partial charge in [-0.1, -0.05) is 55.7 Å². The lowest BCUT2D eigenvalue weighted by atomic mass is 9.72. The molecule has 1 saturated carbocycles. The average Bonchev–Trinajstić information content (AvgIpc) is 2.74. The highest BCUT2D eigenvalue weighted by molar-refractivity contribution is 5.63. The molecule has 3 nitrogen and oxygen atoms in total. The minimum Gasteiger partial charge on any atom is -0.389 e. The van der Waals surface area contributed by atoms with E-state index in [9.17, 15) is 9.50 Å². The molecule has 1 N–H and O–H groups in total. The van der Waals surface area contributed by atoms with Crippen LogP contribution in [0.3, 0.4) is 0 Å². The molecule has 4 heteroatoms. The minimum absolute atomic E-state index is 0.133. The molecule has 1 atom stereocenters. The van der Waals surface area contributed by atoms with Crippen molar-refractivity contribution >= 4 is 0 Å². The van der Waals surface area contributed by atoms with Crippen LogP contribution < -0.4 is 0 Å². The van der Waals surface area contributed by atoms with Gasteiger partial charge in [0.05, 0.1) is 5.60 Å². The molecule has 1 aliphatic heterocycles. The molecule has 0 aromatic heterocycles. The van der Waals surface area contributed by atoms with Crippen molar-refractivity contribution in [1.29, 1.82) is 0 Å². The Kier molecular flexibility index (Phi) is 6.33. The van der Waals surface area contributed by atoms with Crippen LogP contribution in [0.1, 0.15) is 43.6 Å². The van der Waals surface area contributed by atoms with E-state index in [0.29, 0.717) is 0 Å². The lowest BCUT2D eigenvalue weighted by Gasteiger charge is -2.43. The van der Waals surface area contributed by atoms with Gasteiger partial charge in [-0.3, -0.25) is 0 Å². The summed E-state index contributed by atoms with van der Waals surface area (Å²) in [6, 6.07) is 15.2. The van der Waals surface area contributed by atoms with Gasteiger partial charge in [0.2, 0.25) is 0 Å². The van der Waals surface area contributed by atoms with Gasteiger partial charge in [0.25, 0.3) is 0 Å². The maximum Gasteiger partial charge on any atom is 0.123 e. The van der Waals surface area contributed by atoms with Crippen LogP contribution in [-0.2, 0) is 0 Å². The third kappa shape index (κ3) is 4.88. The molecule has 4 rings (SSSR count). The number of hydrogen-bond acceptors (Lipinski definition) is 3. The molecule has 29 heavy (non-hydrogen) atoms. The van der Waals surface area contributed by atoms with E-state index >= 15 is 0 Å². The summed E-state index contributed by atoms with van der Waals surface area (Å²) in [5, 5.41) is 11.6. The second-order valence-corrected chi connectivity index (χ2v) is 8.95. The van der Waals surface area contributed by atoms with Crippen LogP contribution >= 0.6 is 0 Å². The summed E-state index contributed by atoms with van der Waals surface area (Å²) in [7, 11) is 2.18. The van der Waals surface area contributed by atoms with Crippen molar-refractivity contribution in [3.8, 4) is 11.1 Å². The summed E-state index contributed by atoms with van der Waals surface area (Å²) in [5.74, 6) is -0.0781. The molecule has 1 aliphatic carbocycles. The summed E-state index contributed by atoms with van der Waals surface area (Å²) in [6.07, 6.45) is 5.25. The van der Waals surface area contributed by atoms with Crippen LogP contribution in [0.2, 0.25) is 0 Å². The largest absolute Gasteiger partial charge is 0.389 e. The fraction of sp³-hybridized carbons (Fsp3) is 0.520. The number of nitrogens with zero attached hydrogens (tertiary/aromatic N) is 2. The first-order chi connectivity index (χ1) is 14.0. The van der Waals surface area contributed by atoms with Gasteiger partial charge in [-0.05, 0) is 48.7 Å². The van der Waals surface area contributed by atoms with E-state index in [2.05, 4.69) is 41.1 Å². The fourth-order valence-electron chi connectivity index (χ4n) is 4.94. The Morgan fingerprint density at radius 2 is 1.41 bits per heavy atom. The Morgan fingerprint density at radius 3 is 2.00 bits per heavy atom. The molecular weight excluding hydrogens is 363 g/mol. The summed E-state index contributed by atoms with van der Waals surface area (Å²) < 4.78 is 13.2.